The molecule has 2 rings (SSSR count). The molecule has 0 aliphatic heterocycles. The summed E-state index contributed by atoms with van der Waals surface area (Å²) in [6.07, 6.45) is 3.05. The molecule has 0 amide bonds. The van der Waals surface area contributed by atoms with Gasteiger partial charge in [0.25, 0.3) is 0 Å². The standard InChI is InChI=1S/C11H12N2O4S/c1-3-16-10(14)8-9(11(15)17-4-2)18-7-5-12-6-13(7)8/h5-6H,3-4H2,1-2H3. The Bertz CT molecular complexity index is 587. The van der Waals surface area contributed by atoms with Gasteiger partial charge in [0.05, 0.1) is 19.4 Å². The average molecular weight is 268 g/mol. The molecule has 6 nitrogen and oxygen atoms in total. The van der Waals surface area contributed by atoms with Crippen LogP contribution in [0.2, 0.25) is 0 Å². The number of hydrogen-bond acceptors (Lipinski definition) is 6. The SMILES string of the molecule is CCOC(=O)c1sc2cncn2c1C(=O)OCC. The maximum Gasteiger partial charge on any atom is 0.357 e. The molecule has 96 valence electrons. The van der Waals surface area contributed by atoms with Crippen molar-refractivity contribution in [3.63, 3.8) is 0 Å². The monoisotopic (exact) mass is 268 g/mol. The van der Waals surface area contributed by atoms with E-state index in [4.69, 9.17) is 9.47 Å². The van der Waals surface area contributed by atoms with Crippen molar-refractivity contribution in [2.24, 2.45) is 0 Å². The van der Waals surface area contributed by atoms with Crippen LogP contribution in [0.15, 0.2) is 12.5 Å². The molecule has 18 heavy (non-hydrogen) atoms. The molecule has 0 N–H and O–H groups in total. The summed E-state index contributed by atoms with van der Waals surface area (Å²) in [6, 6.07) is 0. The first-order chi connectivity index (χ1) is 8.69. The Morgan fingerprint density at radius 2 is 1.94 bits per heavy atom. The third-order valence-corrected chi connectivity index (χ3v) is 3.27. The number of thiazole rings is 1. The summed E-state index contributed by atoms with van der Waals surface area (Å²) < 4.78 is 11.4. The molecule has 0 saturated heterocycles. The van der Waals surface area contributed by atoms with Crippen LogP contribution in [0.4, 0.5) is 0 Å². The molecule has 7 heteroatoms. The highest BCUT2D eigenvalue weighted by atomic mass is 32.1. The van der Waals surface area contributed by atoms with Gasteiger partial charge in [-0.1, -0.05) is 0 Å². The van der Waals surface area contributed by atoms with Crippen LogP contribution < -0.4 is 0 Å². The Hall–Kier alpha value is -1.89. The topological polar surface area (TPSA) is 69.9 Å². The van der Waals surface area contributed by atoms with Crippen LogP contribution in [-0.4, -0.2) is 34.5 Å². The van der Waals surface area contributed by atoms with Crippen LogP contribution in [0.5, 0.6) is 0 Å². The number of nitrogens with zero attached hydrogens (tertiary/aromatic N) is 2. The van der Waals surface area contributed by atoms with E-state index in [2.05, 4.69) is 4.98 Å². The summed E-state index contributed by atoms with van der Waals surface area (Å²) in [4.78, 5) is 28.5. The van der Waals surface area contributed by atoms with Gasteiger partial charge in [-0.3, -0.25) is 4.40 Å². The van der Waals surface area contributed by atoms with E-state index in [-0.39, 0.29) is 23.8 Å². The number of hydrogen-bond donors (Lipinski definition) is 0. The van der Waals surface area contributed by atoms with E-state index in [1.54, 1.807) is 20.0 Å². The van der Waals surface area contributed by atoms with Crippen molar-refractivity contribution in [1.29, 1.82) is 0 Å². The molecule has 0 bridgehead atoms. The number of carbonyl (C=O) groups excluding carboxylic acids is 2. The fraction of sp³-hybridized carbons (Fsp3) is 0.364. The van der Waals surface area contributed by atoms with Crippen molar-refractivity contribution in [2.75, 3.05) is 13.2 Å². The van der Waals surface area contributed by atoms with Crippen LogP contribution in [0.25, 0.3) is 4.83 Å². The van der Waals surface area contributed by atoms with Gasteiger partial charge in [-0.05, 0) is 13.8 Å². The van der Waals surface area contributed by atoms with E-state index in [9.17, 15) is 9.59 Å². The van der Waals surface area contributed by atoms with Crippen molar-refractivity contribution < 1.29 is 19.1 Å². The zero-order valence-corrected chi connectivity index (χ0v) is 10.8. The van der Waals surface area contributed by atoms with Gasteiger partial charge in [0.15, 0.2) is 5.69 Å². The average Bonchev–Trinajstić information content (AvgIpc) is 2.88. The van der Waals surface area contributed by atoms with Gasteiger partial charge in [-0.25, -0.2) is 14.6 Å². The lowest BCUT2D eigenvalue weighted by atomic mass is 10.3. The third-order valence-electron chi connectivity index (χ3n) is 2.20. The van der Waals surface area contributed by atoms with Crippen LogP contribution in [0, 0.1) is 0 Å². The molecule has 0 fully saturated rings. The largest absolute Gasteiger partial charge is 0.462 e. The maximum absolute atomic E-state index is 11.9. The van der Waals surface area contributed by atoms with Crippen LogP contribution in [0.3, 0.4) is 0 Å². The first-order valence-corrected chi connectivity index (χ1v) is 6.29. The van der Waals surface area contributed by atoms with Gasteiger partial charge >= 0.3 is 11.9 Å². The molecule has 0 aromatic carbocycles. The Balaban J connectivity index is 2.51. The Kier molecular flexibility index (Phi) is 3.61. The van der Waals surface area contributed by atoms with Crippen LogP contribution in [-0.2, 0) is 9.47 Å². The van der Waals surface area contributed by atoms with E-state index in [0.29, 0.717) is 4.83 Å². The Labute approximate surface area is 107 Å². The first kappa shape index (κ1) is 12.6. The van der Waals surface area contributed by atoms with Gasteiger partial charge in [0.1, 0.15) is 16.0 Å². The number of imidazole rings is 1. The fourth-order valence-electron chi connectivity index (χ4n) is 1.51. The molecule has 0 unspecified atom stereocenters. The van der Waals surface area contributed by atoms with Crippen molar-refractivity contribution in [2.45, 2.75) is 13.8 Å². The summed E-state index contributed by atoms with van der Waals surface area (Å²) in [5.74, 6) is -1.07. The van der Waals surface area contributed by atoms with Gasteiger partial charge in [-0.15, -0.1) is 11.3 Å². The minimum absolute atomic E-state index is 0.174. The molecule has 0 radical (unpaired) electrons. The minimum Gasteiger partial charge on any atom is -0.462 e. The Morgan fingerprint density at radius 3 is 2.61 bits per heavy atom. The molecule has 0 saturated carbocycles. The number of aromatic nitrogens is 2. The molecule has 0 atom stereocenters. The molecular formula is C11H12N2O4S. The molecule has 0 aliphatic carbocycles. The maximum atomic E-state index is 11.9. The first-order valence-electron chi connectivity index (χ1n) is 5.48. The second-order valence-electron chi connectivity index (χ2n) is 3.32. The van der Waals surface area contributed by atoms with Crippen LogP contribution in [0.1, 0.15) is 34.0 Å². The number of rotatable bonds is 4. The zero-order valence-electron chi connectivity index (χ0n) is 10.0. The molecule has 2 aromatic rings. The summed E-state index contributed by atoms with van der Waals surface area (Å²) >= 11 is 1.16. The lowest BCUT2D eigenvalue weighted by Gasteiger charge is -2.03. The predicted molar refractivity (Wildman–Crippen MR) is 65.0 cm³/mol. The number of esters is 2. The van der Waals surface area contributed by atoms with E-state index in [1.165, 1.54) is 10.7 Å². The lowest BCUT2D eigenvalue weighted by Crippen LogP contribution is -2.14. The van der Waals surface area contributed by atoms with E-state index >= 15 is 0 Å². The molecule has 0 aliphatic rings. The van der Waals surface area contributed by atoms with Gasteiger partial charge in [-0.2, -0.15) is 0 Å². The quantitative estimate of drug-likeness (QED) is 0.790. The second kappa shape index (κ2) is 5.18. The summed E-state index contributed by atoms with van der Waals surface area (Å²) in [5.41, 5.74) is 0.174. The summed E-state index contributed by atoms with van der Waals surface area (Å²) in [6.45, 7) is 3.92. The number of carbonyl (C=O) groups is 2. The highest BCUT2D eigenvalue weighted by Gasteiger charge is 2.26. The minimum atomic E-state index is -0.551. The predicted octanol–water partition coefficient (Wildman–Crippen LogP) is 1.75. The normalized spacial score (nSPS) is 10.6. The van der Waals surface area contributed by atoms with E-state index in [1.807, 2.05) is 0 Å². The molecular weight excluding hydrogens is 256 g/mol. The summed E-state index contributed by atoms with van der Waals surface area (Å²) in [5, 5.41) is 0. The van der Waals surface area contributed by atoms with Crippen molar-refractivity contribution in [3.05, 3.63) is 23.1 Å². The Morgan fingerprint density at radius 1 is 1.28 bits per heavy atom. The lowest BCUT2D eigenvalue weighted by molar-refractivity contribution is 0.0477. The highest BCUT2D eigenvalue weighted by molar-refractivity contribution is 7.19. The van der Waals surface area contributed by atoms with E-state index < -0.39 is 11.9 Å². The molecule has 2 heterocycles. The van der Waals surface area contributed by atoms with Gasteiger partial charge in [0.2, 0.25) is 0 Å². The highest BCUT2D eigenvalue weighted by Crippen LogP contribution is 2.24. The van der Waals surface area contributed by atoms with Gasteiger partial charge < -0.3 is 9.47 Å². The van der Waals surface area contributed by atoms with Crippen molar-refractivity contribution in [1.82, 2.24) is 9.38 Å². The van der Waals surface area contributed by atoms with Crippen molar-refractivity contribution >= 4 is 28.1 Å². The number of ether oxygens (including phenoxy) is 2. The van der Waals surface area contributed by atoms with Crippen LogP contribution >= 0.6 is 11.3 Å². The van der Waals surface area contributed by atoms with Gasteiger partial charge in [0, 0.05) is 0 Å². The fourth-order valence-corrected chi connectivity index (χ4v) is 2.49. The van der Waals surface area contributed by atoms with Crippen molar-refractivity contribution in [3.8, 4) is 0 Å². The zero-order chi connectivity index (χ0) is 13.1. The summed E-state index contributed by atoms with van der Waals surface area (Å²) in [7, 11) is 0. The smallest absolute Gasteiger partial charge is 0.357 e. The molecule has 2 aromatic heterocycles. The third kappa shape index (κ3) is 2.08. The molecule has 0 spiro atoms. The van der Waals surface area contributed by atoms with E-state index in [0.717, 1.165) is 11.3 Å². The number of fused-ring (bicyclic) bond motifs is 1. The second-order valence-corrected chi connectivity index (χ2v) is 4.35.